The lowest BCUT2D eigenvalue weighted by Gasteiger charge is -2.12. The minimum absolute atomic E-state index is 0.00278. The first kappa shape index (κ1) is 10.7. The lowest BCUT2D eigenvalue weighted by atomic mass is 10.2. The molecule has 1 aromatic rings. The van der Waals surface area contributed by atoms with Crippen molar-refractivity contribution < 1.29 is 4.74 Å². The van der Waals surface area contributed by atoms with Crippen molar-refractivity contribution in [3.8, 4) is 0 Å². The van der Waals surface area contributed by atoms with E-state index in [9.17, 15) is 4.79 Å². The van der Waals surface area contributed by atoms with Gasteiger partial charge in [-0.25, -0.2) is 0 Å². The van der Waals surface area contributed by atoms with Crippen LogP contribution < -0.4 is 5.56 Å². The highest BCUT2D eigenvalue weighted by molar-refractivity contribution is 6.17. The fourth-order valence-corrected chi connectivity index (χ4v) is 2.04. The van der Waals surface area contributed by atoms with E-state index in [4.69, 9.17) is 16.3 Å². The molecule has 2 rings (SSSR count). The van der Waals surface area contributed by atoms with Crippen LogP contribution in [0, 0.1) is 0 Å². The Kier molecular flexibility index (Phi) is 3.44. The highest BCUT2D eigenvalue weighted by Gasteiger charge is 2.16. The Morgan fingerprint density at radius 3 is 3.13 bits per heavy atom. The van der Waals surface area contributed by atoms with Gasteiger partial charge in [0.15, 0.2) is 0 Å². The molecule has 3 nitrogen and oxygen atoms in total. The van der Waals surface area contributed by atoms with Crippen molar-refractivity contribution in [2.24, 2.45) is 0 Å². The molecule has 1 aromatic heterocycles. The van der Waals surface area contributed by atoms with Crippen molar-refractivity contribution in [2.45, 2.75) is 31.4 Å². The third-order valence-electron chi connectivity index (χ3n) is 2.67. The topological polar surface area (TPSA) is 31.2 Å². The lowest BCUT2D eigenvalue weighted by Crippen LogP contribution is -2.27. The SMILES string of the molecule is O=c1c(CCl)cccn1CC1CCCO1. The maximum Gasteiger partial charge on any atom is 0.255 e. The average molecular weight is 228 g/mol. The predicted molar refractivity (Wildman–Crippen MR) is 59.2 cm³/mol. The lowest BCUT2D eigenvalue weighted by molar-refractivity contribution is 0.0961. The molecule has 0 bridgehead atoms. The number of pyridine rings is 1. The molecular formula is C11H14ClNO2. The normalized spacial score (nSPS) is 20.7. The van der Waals surface area contributed by atoms with Gasteiger partial charge < -0.3 is 9.30 Å². The zero-order chi connectivity index (χ0) is 10.7. The van der Waals surface area contributed by atoms with Crippen LogP contribution in [0.15, 0.2) is 23.1 Å². The summed E-state index contributed by atoms with van der Waals surface area (Å²) in [6.45, 7) is 1.46. The minimum Gasteiger partial charge on any atom is -0.376 e. The van der Waals surface area contributed by atoms with Gasteiger partial charge in [-0.2, -0.15) is 0 Å². The first-order chi connectivity index (χ1) is 7.31. The molecule has 1 atom stereocenters. The smallest absolute Gasteiger partial charge is 0.255 e. The van der Waals surface area contributed by atoms with Gasteiger partial charge in [0.05, 0.1) is 18.5 Å². The highest BCUT2D eigenvalue weighted by atomic mass is 35.5. The molecule has 2 heterocycles. The van der Waals surface area contributed by atoms with E-state index in [1.54, 1.807) is 16.8 Å². The summed E-state index contributed by atoms with van der Waals surface area (Å²) in [5, 5.41) is 0. The van der Waals surface area contributed by atoms with Crippen molar-refractivity contribution in [1.82, 2.24) is 4.57 Å². The van der Waals surface area contributed by atoms with Gasteiger partial charge in [-0.1, -0.05) is 6.07 Å². The Balaban J connectivity index is 2.17. The first-order valence-corrected chi connectivity index (χ1v) is 5.70. The molecule has 0 N–H and O–H groups in total. The van der Waals surface area contributed by atoms with Crippen molar-refractivity contribution >= 4 is 11.6 Å². The van der Waals surface area contributed by atoms with E-state index >= 15 is 0 Å². The van der Waals surface area contributed by atoms with Gasteiger partial charge in [0, 0.05) is 18.4 Å². The Labute approximate surface area is 93.6 Å². The van der Waals surface area contributed by atoms with Crippen LogP contribution in [0.1, 0.15) is 18.4 Å². The number of hydrogen-bond donors (Lipinski definition) is 0. The molecule has 4 heteroatoms. The van der Waals surface area contributed by atoms with Crippen LogP contribution in [0.3, 0.4) is 0 Å². The highest BCUT2D eigenvalue weighted by Crippen LogP contribution is 2.13. The van der Waals surface area contributed by atoms with E-state index in [-0.39, 0.29) is 17.5 Å². The first-order valence-electron chi connectivity index (χ1n) is 5.17. The molecule has 82 valence electrons. The van der Waals surface area contributed by atoms with Gasteiger partial charge in [0.2, 0.25) is 0 Å². The number of ether oxygens (including phenoxy) is 1. The van der Waals surface area contributed by atoms with Crippen LogP contribution in [0.25, 0.3) is 0 Å². The number of halogens is 1. The molecule has 1 aliphatic rings. The van der Waals surface area contributed by atoms with E-state index in [1.807, 2.05) is 6.07 Å². The fourth-order valence-electron chi connectivity index (χ4n) is 1.84. The van der Waals surface area contributed by atoms with Crippen molar-refractivity contribution in [3.63, 3.8) is 0 Å². The van der Waals surface area contributed by atoms with Crippen LogP contribution in [0.2, 0.25) is 0 Å². The molecule has 0 amide bonds. The molecule has 15 heavy (non-hydrogen) atoms. The van der Waals surface area contributed by atoms with Crippen LogP contribution in [0.5, 0.6) is 0 Å². The maximum absolute atomic E-state index is 11.8. The summed E-state index contributed by atoms with van der Waals surface area (Å²) in [5.41, 5.74) is 0.653. The maximum atomic E-state index is 11.8. The Bertz CT molecular complexity index is 382. The zero-order valence-corrected chi connectivity index (χ0v) is 9.24. The molecule has 0 aliphatic carbocycles. The summed E-state index contributed by atoms with van der Waals surface area (Å²) in [4.78, 5) is 11.8. The Morgan fingerprint density at radius 1 is 1.60 bits per heavy atom. The van der Waals surface area contributed by atoms with Crippen LogP contribution in [-0.2, 0) is 17.2 Å². The second kappa shape index (κ2) is 4.81. The number of aromatic nitrogens is 1. The summed E-state index contributed by atoms with van der Waals surface area (Å²) in [6.07, 6.45) is 4.11. The zero-order valence-electron chi connectivity index (χ0n) is 8.49. The molecule has 1 saturated heterocycles. The largest absolute Gasteiger partial charge is 0.376 e. The van der Waals surface area contributed by atoms with Gasteiger partial charge in [-0.05, 0) is 18.9 Å². The Hall–Kier alpha value is -0.800. The van der Waals surface area contributed by atoms with Crippen LogP contribution in [-0.4, -0.2) is 17.3 Å². The van der Waals surface area contributed by atoms with E-state index in [1.165, 1.54) is 0 Å². The third-order valence-corrected chi connectivity index (χ3v) is 2.96. The average Bonchev–Trinajstić information content (AvgIpc) is 2.74. The molecule has 0 spiro atoms. The minimum atomic E-state index is 0.00278. The van der Waals surface area contributed by atoms with Crippen molar-refractivity contribution in [1.29, 1.82) is 0 Å². The summed E-state index contributed by atoms with van der Waals surface area (Å²) in [5.74, 6) is 0.269. The van der Waals surface area contributed by atoms with Gasteiger partial charge in [0.25, 0.3) is 5.56 Å². The molecule has 0 saturated carbocycles. The molecule has 1 unspecified atom stereocenters. The van der Waals surface area contributed by atoms with Gasteiger partial charge in [0.1, 0.15) is 0 Å². The number of hydrogen-bond acceptors (Lipinski definition) is 2. The van der Waals surface area contributed by atoms with E-state index in [0.29, 0.717) is 12.1 Å². The predicted octanol–water partition coefficient (Wildman–Crippen LogP) is 1.77. The molecule has 1 fully saturated rings. The summed E-state index contributed by atoms with van der Waals surface area (Å²) in [6, 6.07) is 3.62. The Morgan fingerprint density at radius 2 is 2.47 bits per heavy atom. The second-order valence-corrected chi connectivity index (χ2v) is 4.03. The summed E-state index contributed by atoms with van der Waals surface area (Å²) >= 11 is 5.68. The monoisotopic (exact) mass is 227 g/mol. The van der Waals surface area contributed by atoms with E-state index in [0.717, 1.165) is 19.4 Å². The van der Waals surface area contributed by atoms with Crippen molar-refractivity contribution in [2.75, 3.05) is 6.61 Å². The number of rotatable bonds is 3. The third kappa shape index (κ3) is 2.41. The van der Waals surface area contributed by atoms with Crippen molar-refractivity contribution in [3.05, 3.63) is 34.2 Å². The van der Waals surface area contributed by atoms with Gasteiger partial charge >= 0.3 is 0 Å². The van der Waals surface area contributed by atoms with Gasteiger partial charge in [-0.3, -0.25) is 4.79 Å². The number of alkyl halides is 1. The quantitative estimate of drug-likeness (QED) is 0.737. The molecule has 1 aliphatic heterocycles. The molecule has 0 aromatic carbocycles. The summed E-state index contributed by atoms with van der Waals surface area (Å²) in [7, 11) is 0. The van der Waals surface area contributed by atoms with E-state index in [2.05, 4.69) is 0 Å². The molecular weight excluding hydrogens is 214 g/mol. The number of nitrogens with zero attached hydrogens (tertiary/aromatic N) is 1. The standard InChI is InChI=1S/C11H14ClNO2/c12-7-9-3-1-5-13(11(9)14)8-10-4-2-6-15-10/h1,3,5,10H,2,4,6-8H2. The fraction of sp³-hybridized carbons (Fsp3) is 0.545. The van der Waals surface area contributed by atoms with Crippen LogP contribution >= 0.6 is 11.6 Å². The van der Waals surface area contributed by atoms with E-state index < -0.39 is 0 Å². The molecule has 0 radical (unpaired) electrons. The summed E-state index contributed by atoms with van der Waals surface area (Å²) < 4.78 is 7.18. The van der Waals surface area contributed by atoms with Crippen LogP contribution in [0.4, 0.5) is 0 Å². The van der Waals surface area contributed by atoms with Gasteiger partial charge in [-0.15, -0.1) is 11.6 Å². The second-order valence-electron chi connectivity index (χ2n) is 3.76.